The van der Waals surface area contributed by atoms with Gasteiger partial charge in [0.2, 0.25) is 0 Å². The lowest BCUT2D eigenvalue weighted by atomic mass is 9.93. The van der Waals surface area contributed by atoms with Gasteiger partial charge in [-0.05, 0) is 31.9 Å². The van der Waals surface area contributed by atoms with Crippen LogP contribution in [-0.2, 0) is 0 Å². The first-order chi connectivity index (χ1) is 10.5. The van der Waals surface area contributed by atoms with Crippen molar-refractivity contribution in [2.24, 2.45) is 5.73 Å². The van der Waals surface area contributed by atoms with Gasteiger partial charge in [-0.15, -0.1) is 17.5 Å². The highest BCUT2D eigenvalue weighted by molar-refractivity contribution is 5.92. The summed E-state index contributed by atoms with van der Waals surface area (Å²) >= 11 is 0. The average Bonchev–Trinajstić information content (AvgIpc) is 3.03. The van der Waals surface area contributed by atoms with Crippen LogP contribution < -0.4 is 11.1 Å². The minimum Gasteiger partial charge on any atom is -0.344 e. The summed E-state index contributed by atoms with van der Waals surface area (Å²) < 4.78 is 1.59. The second kappa shape index (κ2) is 8.08. The quantitative estimate of drug-likeness (QED) is 0.846. The van der Waals surface area contributed by atoms with Crippen LogP contribution in [0.15, 0.2) is 30.5 Å². The van der Waals surface area contributed by atoms with E-state index in [0.29, 0.717) is 12.2 Å². The number of benzene rings is 1. The maximum atomic E-state index is 12.4. The van der Waals surface area contributed by atoms with E-state index in [1.165, 1.54) is 5.56 Å². The van der Waals surface area contributed by atoms with Crippen LogP contribution in [0.2, 0.25) is 0 Å². The summed E-state index contributed by atoms with van der Waals surface area (Å²) in [5, 5.41) is 11.0. The van der Waals surface area contributed by atoms with Gasteiger partial charge < -0.3 is 11.1 Å². The van der Waals surface area contributed by atoms with Crippen LogP contribution in [0, 0.1) is 6.92 Å². The zero-order valence-electron chi connectivity index (χ0n) is 13.7. The highest BCUT2D eigenvalue weighted by Gasteiger charge is 2.27. The molecule has 0 saturated heterocycles. The zero-order chi connectivity index (χ0) is 16.2. The third-order valence-electron chi connectivity index (χ3n) is 4.15. The van der Waals surface area contributed by atoms with Crippen molar-refractivity contribution >= 4 is 18.3 Å². The maximum Gasteiger partial charge on any atom is 0.273 e. The highest BCUT2D eigenvalue weighted by atomic mass is 35.5. The molecule has 0 fully saturated rings. The van der Waals surface area contributed by atoms with Gasteiger partial charge in [0.05, 0.1) is 17.4 Å². The lowest BCUT2D eigenvalue weighted by molar-refractivity contribution is 0.0890. The smallest absolute Gasteiger partial charge is 0.273 e. The molecule has 0 atom stereocenters. The van der Waals surface area contributed by atoms with Gasteiger partial charge in [-0.25, -0.2) is 4.68 Å². The van der Waals surface area contributed by atoms with E-state index < -0.39 is 0 Å². The monoisotopic (exact) mass is 337 g/mol. The van der Waals surface area contributed by atoms with E-state index in [1.54, 1.807) is 10.9 Å². The molecule has 1 aromatic heterocycles. The molecule has 2 rings (SSSR count). The molecular formula is C16H24ClN5O. The Bertz CT molecular complexity index is 626. The Labute approximate surface area is 142 Å². The molecule has 23 heavy (non-hydrogen) atoms. The molecule has 1 amide bonds. The molecule has 0 spiro atoms. The van der Waals surface area contributed by atoms with Crippen LogP contribution in [0.1, 0.15) is 42.7 Å². The molecule has 0 bridgehead atoms. The Morgan fingerprint density at radius 1 is 1.26 bits per heavy atom. The molecule has 1 aromatic carbocycles. The van der Waals surface area contributed by atoms with E-state index in [4.69, 9.17) is 5.73 Å². The third-order valence-corrected chi connectivity index (χ3v) is 4.15. The summed E-state index contributed by atoms with van der Waals surface area (Å²) in [6.45, 7) is 6.45. The first-order valence-corrected chi connectivity index (χ1v) is 7.55. The van der Waals surface area contributed by atoms with Gasteiger partial charge in [-0.3, -0.25) is 4.79 Å². The van der Waals surface area contributed by atoms with Crippen molar-refractivity contribution in [3.05, 3.63) is 41.7 Å². The zero-order valence-corrected chi connectivity index (χ0v) is 14.6. The molecule has 6 nitrogen and oxygen atoms in total. The average molecular weight is 338 g/mol. The molecule has 0 aliphatic carbocycles. The van der Waals surface area contributed by atoms with Crippen molar-refractivity contribution in [1.29, 1.82) is 0 Å². The van der Waals surface area contributed by atoms with Gasteiger partial charge in [0, 0.05) is 6.54 Å². The highest BCUT2D eigenvalue weighted by Crippen LogP contribution is 2.14. The molecule has 3 N–H and O–H groups in total. The lowest BCUT2D eigenvalue weighted by Gasteiger charge is -2.30. The summed E-state index contributed by atoms with van der Waals surface area (Å²) in [6, 6.07) is 7.86. The summed E-state index contributed by atoms with van der Waals surface area (Å²) in [5.41, 5.74) is 7.75. The maximum absolute atomic E-state index is 12.4. The summed E-state index contributed by atoms with van der Waals surface area (Å²) in [5.74, 6) is -0.243. The molecule has 2 aromatic rings. The number of hydrogen-bond acceptors (Lipinski definition) is 4. The van der Waals surface area contributed by atoms with E-state index in [2.05, 4.69) is 15.6 Å². The molecule has 0 saturated carbocycles. The predicted molar refractivity (Wildman–Crippen MR) is 93.2 cm³/mol. The predicted octanol–water partition coefficient (Wildman–Crippen LogP) is 2.24. The fraction of sp³-hybridized carbons (Fsp3) is 0.438. The number of rotatable bonds is 6. The summed E-state index contributed by atoms with van der Waals surface area (Å²) in [4.78, 5) is 12.4. The van der Waals surface area contributed by atoms with E-state index >= 15 is 0 Å². The van der Waals surface area contributed by atoms with Gasteiger partial charge in [-0.2, -0.15) is 0 Å². The van der Waals surface area contributed by atoms with E-state index in [1.807, 2.05) is 45.0 Å². The van der Waals surface area contributed by atoms with Gasteiger partial charge in [-0.1, -0.05) is 36.8 Å². The molecule has 0 aliphatic heterocycles. The second-order valence-corrected chi connectivity index (χ2v) is 5.53. The number of hydrogen-bond donors (Lipinski definition) is 2. The first kappa shape index (κ1) is 19.1. The number of carbonyl (C=O) groups is 1. The van der Waals surface area contributed by atoms with Crippen LogP contribution in [0.3, 0.4) is 0 Å². The number of halogens is 1. The number of aryl methyl sites for hydroxylation is 1. The van der Waals surface area contributed by atoms with Crippen molar-refractivity contribution in [3.63, 3.8) is 0 Å². The number of nitrogens with two attached hydrogens (primary N) is 1. The lowest BCUT2D eigenvalue weighted by Crippen LogP contribution is -2.53. The van der Waals surface area contributed by atoms with E-state index in [-0.39, 0.29) is 23.9 Å². The van der Waals surface area contributed by atoms with Crippen molar-refractivity contribution in [2.75, 3.05) is 6.54 Å². The van der Waals surface area contributed by atoms with Crippen molar-refractivity contribution in [1.82, 2.24) is 20.3 Å². The van der Waals surface area contributed by atoms with Gasteiger partial charge in [0.15, 0.2) is 5.69 Å². The van der Waals surface area contributed by atoms with Crippen LogP contribution in [0.4, 0.5) is 0 Å². The summed E-state index contributed by atoms with van der Waals surface area (Å²) in [7, 11) is 0. The van der Waals surface area contributed by atoms with Crippen molar-refractivity contribution in [2.45, 2.75) is 39.2 Å². The molecule has 7 heteroatoms. The van der Waals surface area contributed by atoms with Crippen molar-refractivity contribution < 1.29 is 4.79 Å². The standard InChI is InChI=1S/C16H23N5O.ClH/c1-4-16(5-2,11-17)18-15(22)14-10-21(20-19-14)13-8-6-12(3)7-9-13;/h6-10H,4-5,11,17H2,1-3H3,(H,18,22);1H. The van der Waals surface area contributed by atoms with E-state index in [0.717, 1.165) is 18.5 Å². The Morgan fingerprint density at radius 2 is 1.87 bits per heavy atom. The van der Waals surface area contributed by atoms with Crippen molar-refractivity contribution in [3.8, 4) is 5.69 Å². The fourth-order valence-corrected chi connectivity index (χ4v) is 2.26. The van der Waals surface area contributed by atoms with E-state index in [9.17, 15) is 4.79 Å². The SMILES string of the molecule is CCC(CC)(CN)NC(=O)c1cn(-c2ccc(C)cc2)nn1.Cl. The first-order valence-electron chi connectivity index (χ1n) is 7.55. The minimum atomic E-state index is -0.384. The molecule has 1 heterocycles. The largest absolute Gasteiger partial charge is 0.344 e. The number of aromatic nitrogens is 3. The molecule has 0 radical (unpaired) electrons. The van der Waals surface area contributed by atoms with Crippen LogP contribution in [-0.4, -0.2) is 33.0 Å². The second-order valence-electron chi connectivity index (χ2n) is 5.53. The fourth-order valence-electron chi connectivity index (χ4n) is 2.26. The Morgan fingerprint density at radius 3 is 2.39 bits per heavy atom. The van der Waals surface area contributed by atoms with Crippen LogP contribution in [0.5, 0.6) is 0 Å². The molecular weight excluding hydrogens is 314 g/mol. The number of carbonyl (C=O) groups excluding carboxylic acids is 1. The number of nitrogens with zero attached hydrogens (tertiary/aromatic N) is 3. The Balaban J connectivity index is 0.00000264. The molecule has 126 valence electrons. The van der Waals surface area contributed by atoms with Crippen LogP contribution >= 0.6 is 12.4 Å². The van der Waals surface area contributed by atoms with Crippen LogP contribution in [0.25, 0.3) is 5.69 Å². The normalized spacial score (nSPS) is 11.0. The Hall–Kier alpha value is -1.92. The third kappa shape index (κ3) is 4.30. The van der Waals surface area contributed by atoms with Gasteiger partial charge >= 0.3 is 0 Å². The molecule has 0 unspecified atom stereocenters. The number of nitrogens with one attached hydrogen (secondary N) is 1. The van der Waals surface area contributed by atoms with Gasteiger partial charge in [0.25, 0.3) is 5.91 Å². The molecule has 0 aliphatic rings. The minimum absolute atomic E-state index is 0. The number of amides is 1. The topological polar surface area (TPSA) is 85.8 Å². The Kier molecular flexibility index (Phi) is 6.72. The van der Waals surface area contributed by atoms with Gasteiger partial charge in [0.1, 0.15) is 0 Å². The summed E-state index contributed by atoms with van der Waals surface area (Å²) in [6.07, 6.45) is 3.18.